The number of likely N-dealkylation sites (tertiary alicyclic amines) is 1. The van der Waals surface area contributed by atoms with Crippen LogP contribution in [0.15, 0.2) is 18.3 Å². The fraction of sp³-hybridized carbons (Fsp3) is 0.688. The van der Waals surface area contributed by atoms with Gasteiger partial charge in [0.25, 0.3) is 5.91 Å². The van der Waals surface area contributed by atoms with Gasteiger partial charge < -0.3 is 14.2 Å². The van der Waals surface area contributed by atoms with Gasteiger partial charge in [0.1, 0.15) is 0 Å². The zero-order valence-corrected chi connectivity index (χ0v) is 13.1. The third-order valence-corrected chi connectivity index (χ3v) is 4.64. The molecule has 1 aromatic heterocycles. The number of nitrogens with zero attached hydrogens (tertiary/aromatic N) is 3. The van der Waals surface area contributed by atoms with Crippen LogP contribution >= 0.6 is 0 Å². The van der Waals surface area contributed by atoms with Crippen molar-refractivity contribution < 1.29 is 13.9 Å². The fourth-order valence-electron chi connectivity index (χ4n) is 3.34. The zero-order valence-electron chi connectivity index (χ0n) is 13.1. The summed E-state index contributed by atoms with van der Waals surface area (Å²) in [4.78, 5) is 16.2. The first-order valence-electron chi connectivity index (χ1n) is 7.97. The highest BCUT2D eigenvalue weighted by Gasteiger charge is 2.45. The molecule has 22 heavy (non-hydrogen) atoms. The summed E-state index contributed by atoms with van der Waals surface area (Å²) >= 11 is 0. The van der Waals surface area contributed by atoms with Crippen molar-refractivity contribution in [2.75, 3.05) is 39.4 Å². The average Bonchev–Trinajstić information content (AvgIpc) is 2.93. The number of hydrogen-bond acceptors (Lipinski definition) is 3. The number of aromatic nitrogens is 1. The average molecular weight is 309 g/mol. The molecule has 2 saturated heterocycles. The lowest BCUT2D eigenvalue weighted by molar-refractivity contribution is -0.152. The lowest BCUT2D eigenvalue weighted by atomic mass is 9.92. The van der Waals surface area contributed by atoms with Crippen molar-refractivity contribution in [3.63, 3.8) is 0 Å². The van der Waals surface area contributed by atoms with E-state index < -0.39 is 5.67 Å². The largest absolute Gasteiger partial charge is 0.378 e. The van der Waals surface area contributed by atoms with Crippen LogP contribution in [-0.2, 0) is 23.1 Å². The van der Waals surface area contributed by atoms with Gasteiger partial charge in [-0.3, -0.25) is 9.69 Å². The van der Waals surface area contributed by atoms with Crippen molar-refractivity contribution in [3.05, 3.63) is 24.0 Å². The number of piperidine rings is 1. The summed E-state index contributed by atoms with van der Waals surface area (Å²) in [5.41, 5.74) is -0.608. The Morgan fingerprint density at radius 1 is 1.36 bits per heavy atom. The van der Waals surface area contributed by atoms with E-state index >= 15 is 4.39 Å². The van der Waals surface area contributed by atoms with Crippen LogP contribution in [0.5, 0.6) is 0 Å². The van der Waals surface area contributed by atoms with Gasteiger partial charge in [-0.05, 0) is 31.5 Å². The summed E-state index contributed by atoms with van der Waals surface area (Å²) in [5.74, 6) is -0.354. The quantitative estimate of drug-likeness (QED) is 0.842. The van der Waals surface area contributed by atoms with Gasteiger partial charge in [-0.25, -0.2) is 4.39 Å². The topological polar surface area (TPSA) is 37.7 Å². The minimum atomic E-state index is -1.75. The molecule has 122 valence electrons. The fourth-order valence-corrected chi connectivity index (χ4v) is 3.34. The summed E-state index contributed by atoms with van der Waals surface area (Å²) in [6.45, 7) is 3.74. The highest BCUT2D eigenvalue weighted by Crippen LogP contribution is 2.29. The Hall–Kier alpha value is -1.40. The van der Waals surface area contributed by atoms with Gasteiger partial charge in [0, 0.05) is 45.1 Å². The standard InChI is InChI=1S/C16H24FN3O2/c1-18-6-2-4-14(18)12-19-7-3-5-16(17,13-19)15(21)20-8-10-22-11-9-20/h2,4,6H,3,5,7-13H2,1H3. The molecule has 0 saturated carbocycles. The summed E-state index contributed by atoms with van der Waals surface area (Å²) in [5, 5.41) is 0. The minimum Gasteiger partial charge on any atom is -0.378 e. The van der Waals surface area contributed by atoms with E-state index in [1.807, 2.05) is 29.9 Å². The molecule has 3 heterocycles. The molecule has 3 rings (SSSR count). The molecular weight excluding hydrogens is 285 g/mol. The van der Waals surface area contributed by atoms with Gasteiger partial charge in [0.2, 0.25) is 5.67 Å². The van der Waals surface area contributed by atoms with Crippen LogP contribution in [0, 0.1) is 0 Å². The van der Waals surface area contributed by atoms with E-state index in [2.05, 4.69) is 4.90 Å². The molecule has 2 aliphatic rings. The van der Waals surface area contributed by atoms with E-state index in [0.29, 0.717) is 39.3 Å². The van der Waals surface area contributed by atoms with Crippen LogP contribution in [0.25, 0.3) is 0 Å². The van der Waals surface area contributed by atoms with Crippen molar-refractivity contribution in [1.82, 2.24) is 14.4 Å². The Bertz CT molecular complexity index is 527. The Morgan fingerprint density at radius 2 is 2.14 bits per heavy atom. The predicted molar refractivity (Wildman–Crippen MR) is 81.2 cm³/mol. The van der Waals surface area contributed by atoms with Crippen LogP contribution in [0.3, 0.4) is 0 Å². The normalized spacial score (nSPS) is 27.1. The van der Waals surface area contributed by atoms with E-state index in [9.17, 15) is 4.79 Å². The molecule has 0 aliphatic carbocycles. The van der Waals surface area contributed by atoms with Crippen LogP contribution in [0.2, 0.25) is 0 Å². The maximum Gasteiger partial charge on any atom is 0.261 e. The molecule has 2 aliphatic heterocycles. The monoisotopic (exact) mass is 309 g/mol. The number of rotatable bonds is 3. The highest BCUT2D eigenvalue weighted by molar-refractivity contribution is 5.85. The van der Waals surface area contributed by atoms with Gasteiger partial charge in [-0.2, -0.15) is 0 Å². The first-order valence-corrected chi connectivity index (χ1v) is 7.97. The summed E-state index contributed by atoms with van der Waals surface area (Å²) in [6, 6.07) is 4.03. The SMILES string of the molecule is Cn1cccc1CN1CCCC(F)(C(=O)N2CCOCC2)C1. The van der Waals surface area contributed by atoms with Gasteiger partial charge in [-0.1, -0.05) is 0 Å². The number of carbonyl (C=O) groups is 1. The molecule has 0 spiro atoms. The number of amides is 1. The molecule has 6 heteroatoms. The number of alkyl halides is 1. The number of aryl methyl sites for hydroxylation is 1. The predicted octanol–water partition coefficient (Wildman–Crippen LogP) is 1.19. The lowest BCUT2D eigenvalue weighted by Crippen LogP contribution is -2.57. The molecule has 0 aromatic carbocycles. The number of hydrogen-bond donors (Lipinski definition) is 0. The minimum absolute atomic E-state index is 0.189. The van der Waals surface area contributed by atoms with Crippen molar-refractivity contribution >= 4 is 5.91 Å². The molecule has 5 nitrogen and oxygen atoms in total. The Morgan fingerprint density at radius 3 is 2.82 bits per heavy atom. The van der Waals surface area contributed by atoms with Crippen LogP contribution in [0.4, 0.5) is 4.39 Å². The lowest BCUT2D eigenvalue weighted by Gasteiger charge is -2.40. The third kappa shape index (κ3) is 3.17. The molecular formula is C16H24FN3O2. The second-order valence-electron chi connectivity index (χ2n) is 6.29. The second kappa shape index (κ2) is 6.38. The maximum absolute atomic E-state index is 15.2. The number of carbonyl (C=O) groups excluding carboxylic acids is 1. The van der Waals surface area contributed by atoms with Crippen LogP contribution < -0.4 is 0 Å². The third-order valence-electron chi connectivity index (χ3n) is 4.64. The molecule has 0 radical (unpaired) electrons. The molecule has 2 fully saturated rings. The number of halogens is 1. The summed E-state index contributed by atoms with van der Waals surface area (Å²) in [6.07, 6.45) is 3.03. The van der Waals surface area contributed by atoms with Gasteiger partial charge in [-0.15, -0.1) is 0 Å². The number of ether oxygens (including phenoxy) is 1. The van der Waals surface area contributed by atoms with E-state index in [1.54, 1.807) is 4.90 Å². The van der Waals surface area contributed by atoms with E-state index in [0.717, 1.165) is 18.7 Å². The van der Waals surface area contributed by atoms with E-state index in [4.69, 9.17) is 4.74 Å². The molecule has 0 bridgehead atoms. The zero-order chi connectivity index (χ0) is 15.6. The van der Waals surface area contributed by atoms with Crippen molar-refractivity contribution in [2.45, 2.75) is 25.1 Å². The van der Waals surface area contributed by atoms with Gasteiger partial charge >= 0.3 is 0 Å². The first kappa shape index (κ1) is 15.5. The highest BCUT2D eigenvalue weighted by atomic mass is 19.1. The molecule has 1 atom stereocenters. The van der Waals surface area contributed by atoms with E-state index in [-0.39, 0.29) is 12.5 Å². The summed E-state index contributed by atoms with van der Waals surface area (Å²) < 4.78 is 22.5. The first-order chi connectivity index (χ1) is 10.6. The van der Waals surface area contributed by atoms with Crippen molar-refractivity contribution in [2.24, 2.45) is 7.05 Å². The second-order valence-corrected chi connectivity index (χ2v) is 6.29. The number of morpholine rings is 1. The van der Waals surface area contributed by atoms with Crippen LogP contribution in [0.1, 0.15) is 18.5 Å². The molecule has 0 N–H and O–H groups in total. The summed E-state index contributed by atoms with van der Waals surface area (Å²) in [7, 11) is 1.99. The molecule has 1 aromatic rings. The maximum atomic E-state index is 15.2. The Labute approximate surface area is 130 Å². The Kier molecular flexibility index (Phi) is 4.49. The molecule has 1 amide bonds. The molecule has 1 unspecified atom stereocenters. The van der Waals surface area contributed by atoms with Crippen LogP contribution in [-0.4, -0.2) is 65.3 Å². The van der Waals surface area contributed by atoms with E-state index in [1.165, 1.54) is 0 Å². The smallest absolute Gasteiger partial charge is 0.261 e. The van der Waals surface area contributed by atoms with Gasteiger partial charge in [0.15, 0.2) is 0 Å². The Balaban J connectivity index is 1.65. The van der Waals surface area contributed by atoms with Crippen molar-refractivity contribution in [3.8, 4) is 0 Å². The van der Waals surface area contributed by atoms with Gasteiger partial charge in [0.05, 0.1) is 13.2 Å². The van der Waals surface area contributed by atoms with Crippen molar-refractivity contribution in [1.29, 1.82) is 0 Å².